The summed E-state index contributed by atoms with van der Waals surface area (Å²) < 4.78 is 2.96. The summed E-state index contributed by atoms with van der Waals surface area (Å²) in [7, 11) is 0. The summed E-state index contributed by atoms with van der Waals surface area (Å²) in [6.07, 6.45) is -0.111. The number of carboxylic acids is 1. The lowest BCUT2D eigenvalue weighted by Gasteiger charge is -2.01. The van der Waals surface area contributed by atoms with Crippen LogP contribution in [0.1, 0.15) is 17.0 Å². The standard InChI is InChI=1S/C12H11N3O2S/c1-6-3-7(2)11-8(4-6)18-12-14-13-9(15(11)12)5-10(16)17/h3-4H,5H2,1-2H3,(H,16,17). The molecule has 0 radical (unpaired) electrons. The molecule has 18 heavy (non-hydrogen) atoms. The zero-order valence-electron chi connectivity index (χ0n) is 9.97. The first-order valence-corrected chi connectivity index (χ1v) is 6.33. The number of benzene rings is 1. The van der Waals surface area contributed by atoms with Gasteiger partial charge in [-0.05, 0) is 31.0 Å². The predicted octanol–water partition coefficient (Wildman–Crippen LogP) is 2.19. The van der Waals surface area contributed by atoms with E-state index >= 15 is 0 Å². The predicted molar refractivity (Wildman–Crippen MR) is 69.2 cm³/mol. The SMILES string of the molecule is Cc1cc(C)c2c(c1)sc1nnc(CC(=O)O)n12. The van der Waals surface area contributed by atoms with E-state index in [1.54, 1.807) is 0 Å². The summed E-state index contributed by atoms with van der Waals surface area (Å²) in [4.78, 5) is 11.6. The van der Waals surface area contributed by atoms with Gasteiger partial charge in [-0.15, -0.1) is 10.2 Å². The van der Waals surface area contributed by atoms with E-state index in [1.165, 1.54) is 16.9 Å². The molecular weight excluding hydrogens is 250 g/mol. The molecule has 0 aliphatic rings. The summed E-state index contributed by atoms with van der Waals surface area (Å²) in [5.74, 6) is -0.413. The lowest BCUT2D eigenvalue weighted by atomic mass is 10.1. The van der Waals surface area contributed by atoms with Crippen molar-refractivity contribution in [3.63, 3.8) is 0 Å². The monoisotopic (exact) mass is 261 g/mol. The molecule has 0 atom stereocenters. The first-order chi connectivity index (χ1) is 8.56. The van der Waals surface area contributed by atoms with Crippen LogP contribution in [0.25, 0.3) is 15.2 Å². The van der Waals surface area contributed by atoms with Gasteiger partial charge in [-0.3, -0.25) is 9.20 Å². The van der Waals surface area contributed by atoms with Gasteiger partial charge in [0.2, 0.25) is 4.96 Å². The third-order valence-corrected chi connectivity index (χ3v) is 3.82. The van der Waals surface area contributed by atoms with Gasteiger partial charge < -0.3 is 5.11 Å². The summed E-state index contributed by atoms with van der Waals surface area (Å²) in [5.41, 5.74) is 3.32. The summed E-state index contributed by atoms with van der Waals surface area (Å²) in [6.45, 7) is 4.07. The van der Waals surface area contributed by atoms with E-state index in [9.17, 15) is 4.79 Å². The van der Waals surface area contributed by atoms with Crippen molar-refractivity contribution in [3.8, 4) is 0 Å². The highest BCUT2D eigenvalue weighted by Crippen LogP contribution is 2.29. The molecule has 2 aromatic heterocycles. The Morgan fingerprint density at radius 2 is 2.17 bits per heavy atom. The molecular formula is C12H11N3O2S. The topological polar surface area (TPSA) is 67.5 Å². The van der Waals surface area contributed by atoms with Crippen molar-refractivity contribution in [2.75, 3.05) is 0 Å². The second-order valence-corrected chi connectivity index (χ2v) is 5.34. The number of fused-ring (bicyclic) bond motifs is 3. The fraction of sp³-hybridized carbons (Fsp3) is 0.250. The molecule has 0 saturated heterocycles. The summed E-state index contributed by atoms with van der Waals surface area (Å²) in [6, 6.07) is 4.17. The Morgan fingerprint density at radius 3 is 2.89 bits per heavy atom. The lowest BCUT2D eigenvalue weighted by Crippen LogP contribution is -2.04. The van der Waals surface area contributed by atoms with Crippen molar-refractivity contribution in [2.45, 2.75) is 20.3 Å². The van der Waals surface area contributed by atoms with Crippen LogP contribution in [0.2, 0.25) is 0 Å². The van der Waals surface area contributed by atoms with E-state index in [2.05, 4.69) is 22.3 Å². The van der Waals surface area contributed by atoms with E-state index in [0.29, 0.717) is 5.82 Å². The first-order valence-electron chi connectivity index (χ1n) is 5.52. The Labute approximate surface area is 107 Å². The van der Waals surface area contributed by atoms with Gasteiger partial charge in [0, 0.05) is 0 Å². The van der Waals surface area contributed by atoms with Crippen LogP contribution in [0.4, 0.5) is 0 Å². The molecule has 0 amide bonds. The fourth-order valence-corrected chi connectivity index (χ4v) is 3.38. The quantitative estimate of drug-likeness (QED) is 0.767. The molecule has 5 nitrogen and oxygen atoms in total. The highest BCUT2D eigenvalue weighted by molar-refractivity contribution is 7.23. The Bertz CT molecular complexity index is 772. The Balaban J connectivity index is 2.38. The number of aromatic nitrogens is 3. The van der Waals surface area contributed by atoms with E-state index in [4.69, 9.17) is 5.11 Å². The van der Waals surface area contributed by atoms with Crippen molar-refractivity contribution < 1.29 is 9.90 Å². The maximum absolute atomic E-state index is 10.8. The van der Waals surface area contributed by atoms with E-state index < -0.39 is 5.97 Å². The van der Waals surface area contributed by atoms with Crippen molar-refractivity contribution in [1.82, 2.24) is 14.6 Å². The molecule has 0 bridgehead atoms. The smallest absolute Gasteiger partial charge is 0.311 e. The average molecular weight is 261 g/mol. The molecule has 6 heteroatoms. The van der Waals surface area contributed by atoms with E-state index in [-0.39, 0.29) is 6.42 Å². The van der Waals surface area contributed by atoms with Crippen LogP contribution in [-0.2, 0) is 11.2 Å². The van der Waals surface area contributed by atoms with Gasteiger partial charge in [0.25, 0.3) is 0 Å². The molecule has 0 aliphatic carbocycles. The third-order valence-electron chi connectivity index (χ3n) is 2.84. The number of carbonyl (C=O) groups is 1. The third kappa shape index (κ3) is 1.57. The summed E-state index contributed by atoms with van der Waals surface area (Å²) >= 11 is 1.53. The van der Waals surface area contributed by atoms with Gasteiger partial charge in [-0.1, -0.05) is 17.4 Å². The molecule has 2 heterocycles. The molecule has 1 N–H and O–H groups in total. The fourth-order valence-electron chi connectivity index (χ4n) is 2.22. The zero-order valence-corrected chi connectivity index (χ0v) is 10.8. The highest BCUT2D eigenvalue weighted by Gasteiger charge is 2.16. The van der Waals surface area contributed by atoms with Crippen LogP contribution >= 0.6 is 11.3 Å². The minimum atomic E-state index is -0.895. The molecule has 0 spiro atoms. The Hall–Kier alpha value is -1.95. The lowest BCUT2D eigenvalue weighted by molar-refractivity contribution is -0.136. The minimum absolute atomic E-state index is 0.111. The number of rotatable bonds is 2. The van der Waals surface area contributed by atoms with Crippen molar-refractivity contribution >= 4 is 32.5 Å². The number of nitrogens with zero attached hydrogens (tertiary/aromatic N) is 3. The van der Waals surface area contributed by atoms with Gasteiger partial charge >= 0.3 is 5.97 Å². The van der Waals surface area contributed by atoms with Gasteiger partial charge in [-0.2, -0.15) is 0 Å². The van der Waals surface area contributed by atoms with Crippen molar-refractivity contribution in [3.05, 3.63) is 29.1 Å². The van der Waals surface area contributed by atoms with Gasteiger partial charge in [0.1, 0.15) is 12.2 Å². The zero-order chi connectivity index (χ0) is 12.9. The van der Waals surface area contributed by atoms with Gasteiger partial charge in [0.15, 0.2) is 0 Å². The molecule has 0 saturated carbocycles. The van der Waals surface area contributed by atoms with Crippen LogP contribution in [0, 0.1) is 13.8 Å². The number of carboxylic acid groups (broad SMARTS) is 1. The van der Waals surface area contributed by atoms with Gasteiger partial charge in [-0.25, -0.2) is 0 Å². The molecule has 0 fully saturated rings. The normalized spacial score (nSPS) is 11.4. The first kappa shape index (κ1) is 11.2. The largest absolute Gasteiger partial charge is 0.481 e. The Kier molecular flexibility index (Phi) is 2.34. The highest BCUT2D eigenvalue weighted by atomic mass is 32.1. The minimum Gasteiger partial charge on any atom is -0.481 e. The summed E-state index contributed by atoms with van der Waals surface area (Å²) in [5, 5.41) is 16.9. The number of thiazole rings is 1. The van der Waals surface area contributed by atoms with Crippen LogP contribution in [0.5, 0.6) is 0 Å². The van der Waals surface area contributed by atoms with Crippen molar-refractivity contribution in [2.24, 2.45) is 0 Å². The number of aliphatic carboxylic acids is 1. The molecule has 3 aromatic rings. The van der Waals surface area contributed by atoms with Gasteiger partial charge in [0.05, 0.1) is 10.2 Å². The van der Waals surface area contributed by atoms with Crippen molar-refractivity contribution in [1.29, 1.82) is 0 Å². The maximum atomic E-state index is 10.8. The van der Waals surface area contributed by atoms with Crippen LogP contribution in [-0.4, -0.2) is 25.7 Å². The van der Waals surface area contributed by atoms with Crippen LogP contribution in [0.3, 0.4) is 0 Å². The van der Waals surface area contributed by atoms with E-state index in [0.717, 1.165) is 20.7 Å². The second kappa shape index (κ2) is 3.78. The molecule has 0 aliphatic heterocycles. The number of hydrogen-bond acceptors (Lipinski definition) is 4. The van der Waals surface area contributed by atoms with Crippen LogP contribution in [0.15, 0.2) is 12.1 Å². The molecule has 0 unspecified atom stereocenters. The van der Waals surface area contributed by atoms with Crippen LogP contribution < -0.4 is 0 Å². The maximum Gasteiger partial charge on any atom is 0.311 e. The van der Waals surface area contributed by atoms with E-state index in [1.807, 2.05) is 18.2 Å². The number of aryl methyl sites for hydroxylation is 2. The molecule has 1 aromatic carbocycles. The number of hydrogen-bond donors (Lipinski definition) is 1. The Morgan fingerprint density at radius 1 is 1.39 bits per heavy atom. The average Bonchev–Trinajstić information content (AvgIpc) is 2.77. The molecule has 92 valence electrons. The second-order valence-electron chi connectivity index (χ2n) is 4.34. The molecule has 3 rings (SSSR count).